The molecule has 2 rings (SSSR count). The lowest BCUT2D eigenvalue weighted by Gasteiger charge is -2.02. The van der Waals surface area contributed by atoms with Crippen molar-refractivity contribution in [1.82, 2.24) is 10.1 Å². The van der Waals surface area contributed by atoms with Crippen LogP contribution in [0.4, 0.5) is 5.69 Å². The van der Waals surface area contributed by atoms with Crippen LogP contribution >= 0.6 is 0 Å². The minimum atomic E-state index is -0.178. The van der Waals surface area contributed by atoms with Crippen LogP contribution in [0.15, 0.2) is 22.7 Å². The lowest BCUT2D eigenvalue weighted by Crippen LogP contribution is -1.97. The highest BCUT2D eigenvalue weighted by atomic mass is 16.5. The Hall–Kier alpha value is -1.88. The molecule has 2 aromatic rings. The van der Waals surface area contributed by atoms with Crippen LogP contribution < -0.4 is 5.73 Å². The van der Waals surface area contributed by atoms with Gasteiger partial charge in [-0.1, -0.05) is 5.16 Å². The maximum absolute atomic E-state index is 5.76. The van der Waals surface area contributed by atoms with Gasteiger partial charge in [0.15, 0.2) is 0 Å². The molecule has 0 fully saturated rings. The number of benzene rings is 1. The average Bonchev–Trinajstić information content (AvgIpc) is 2.81. The lowest BCUT2D eigenvalue weighted by atomic mass is 10.1. The number of aryl methyl sites for hydroxylation is 1. The van der Waals surface area contributed by atoms with Gasteiger partial charge in [-0.2, -0.15) is 4.98 Å². The molecule has 1 heterocycles. The number of anilines is 1. The molecule has 90 valence electrons. The van der Waals surface area contributed by atoms with Crippen molar-refractivity contribution in [3.63, 3.8) is 0 Å². The molecule has 0 saturated heterocycles. The lowest BCUT2D eigenvalue weighted by molar-refractivity contribution is 0.109. The molecule has 0 aliphatic heterocycles. The summed E-state index contributed by atoms with van der Waals surface area (Å²) in [5.74, 6) is 1.02. The summed E-state index contributed by atoms with van der Waals surface area (Å²) in [5, 5.41) is 3.87. The molecule has 1 aromatic heterocycles. The number of methoxy groups -OCH3 is 1. The molecule has 1 aromatic carbocycles. The van der Waals surface area contributed by atoms with Crippen molar-refractivity contribution in [3.05, 3.63) is 29.6 Å². The van der Waals surface area contributed by atoms with Gasteiger partial charge >= 0.3 is 0 Å². The third-order valence-corrected chi connectivity index (χ3v) is 2.68. The normalized spacial score (nSPS) is 12.6. The Bertz CT molecular complexity index is 522. The third kappa shape index (κ3) is 2.29. The smallest absolute Gasteiger partial charge is 0.258 e. The maximum atomic E-state index is 5.76. The summed E-state index contributed by atoms with van der Waals surface area (Å²) in [6, 6.07) is 5.61. The van der Waals surface area contributed by atoms with E-state index in [4.69, 9.17) is 15.0 Å². The Morgan fingerprint density at radius 3 is 2.82 bits per heavy atom. The molecule has 0 aliphatic carbocycles. The fourth-order valence-electron chi connectivity index (χ4n) is 1.43. The number of aromatic nitrogens is 2. The van der Waals surface area contributed by atoms with Gasteiger partial charge in [-0.15, -0.1) is 0 Å². The van der Waals surface area contributed by atoms with E-state index >= 15 is 0 Å². The molecular weight excluding hydrogens is 218 g/mol. The van der Waals surface area contributed by atoms with E-state index in [1.807, 2.05) is 32.0 Å². The predicted octanol–water partition coefficient (Wildman–Crippen LogP) is 2.33. The van der Waals surface area contributed by atoms with E-state index in [0.29, 0.717) is 11.7 Å². The molecule has 5 heteroatoms. The van der Waals surface area contributed by atoms with Crippen LogP contribution in [0.1, 0.15) is 24.4 Å². The number of rotatable bonds is 3. The van der Waals surface area contributed by atoms with E-state index in [1.54, 1.807) is 7.11 Å². The van der Waals surface area contributed by atoms with Crippen molar-refractivity contribution in [2.24, 2.45) is 0 Å². The molecule has 5 nitrogen and oxygen atoms in total. The van der Waals surface area contributed by atoms with E-state index in [1.165, 1.54) is 0 Å². The minimum absolute atomic E-state index is 0.178. The highest BCUT2D eigenvalue weighted by Crippen LogP contribution is 2.23. The van der Waals surface area contributed by atoms with Gasteiger partial charge in [0, 0.05) is 18.4 Å². The minimum Gasteiger partial charge on any atom is -0.399 e. The number of nitrogens with zero attached hydrogens (tertiary/aromatic N) is 2. The molecule has 0 aliphatic rings. The van der Waals surface area contributed by atoms with Crippen LogP contribution in [0.3, 0.4) is 0 Å². The second-order valence-electron chi connectivity index (χ2n) is 3.91. The fraction of sp³-hybridized carbons (Fsp3) is 0.333. The topological polar surface area (TPSA) is 74.2 Å². The Labute approximate surface area is 99.6 Å². The van der Waals surface area contributed by atoms with Crippen LogP contribution in [-0.2, 0) is 4.74 Å². The number of nitrogens with two attached hydrogens (primary N) is 1. The summed E-state index contributed by atoms with van der Waals surface area (Å²) in [6.07, 6.45) is -0.178. The van der Waals surface area contributed by atoms with Crippen LogP contribution in [0.2, 0.25) is 0 Å². The molecule has 0 radical (unpaired) electrons. The quantitative estimate of drug-likeness (QED) is 0.823. The zero-order valence-electron chi connectivity index (χ0n) is 10.1. The second kappa shape index (κ2) is 4.55. The molecule has 0 amide bonds. The summed E-state index contributed by atoms with van der Waals surface area (Å²) in [4.78, 5) is 4.28. The number of hydrogen-bond acceptors (Lipinski definition) is 5. The number of nitrogen functional groups attached to an aromatic ring is 1. The van der Waals surface area contributed by atoms with Crippen LogP contribution in [0.5, 0.6) is 0 Å². The van der Waals surface area contributed by atoms with Crippen molar-refractivity contribution in [2.45, 2.75) is 20.0 Å². The Morgan fingerprint density at radius 1 is 1.41 bits per heavy atom. The third-order valence-electron chi connectivity index (χ3n) is 2.68. The summed E-state index contributed by atoms with van der Waals surface area (Å²) in [7, 11) is 1.61. The Balaban J connectivity index is 2.33. The first-order chi connectivity index (χ1) is 8.11. The average molecular weight is 233 g/mol. The van der Waals surface area contributed by atoms with Gasteiger partial charge in [0.1, 0.15) is 6.10 Å². The van der Waals surface area contributed by atoms with E-state index in [9.17, 15) is 0 Å². The van der Waals surface area contributed by atoms with Crippen LogP contribution in [-0.4, -0.2) is 17.3 Å². The zero-order chi connectivity index (χ0) is 12.4. The molecule has 17 heavy (non-hydrogen) atoms. The largest absolute Gasteiger partial charge is 0.399 e. The molecular formula is C12H15N3O2. The summed E-state index contributed by atoms with van der Waals surface area (Å²) in [6.45, 7) is 3.80. The van der Waals surface area contributed by atoms with Crippen molar-refractivity contribution in [1.29, 1.82) is 0 Å². The zero-order valence-corrected chi connectivity index (χ0v) is 10.1. The predicted molar refractivity (Wildman–Crippen MR) is 64.3 cm³/mol. The van der Waals surface area contributed by atoms with Crippen molar-refractivity contribution in [2.75, 3.05) is 12.8 Å². The Kier molecular flexibility index (Phi) is 3.10. The van der Waals surface area contributed by atoms with E-state index in [-0.39, 0.29) is 6.10 Å². The fourth-order valence-corrected chi connectivity index (χ4v) is 1.43. The highest BCUT2D eigenvalue weighted by molar-refractivity contribution is 5.60. The Morgan fingerprint density at radius 2 is 2.18 bits per heavy atom. The van der Waals surface area contributed by atoms with E-state index < -0.39 is 0 Å². The van der Waals surface area contributed by atoms with Gasteiger partial charge in [0.05, 0.1) is 0 Å². The van der Waals surface area contributed by atoms with E-state index in [0.717, 1.165) is 16.8 Å². The van der Waals surface area contributed by atoms with Crippen molar-refractivity contribution < 1.29 is 9.26 Å². The second-order valence-corrected chi connectivity index (χ2v) is 3.91. The van der Waals surface area contributed by atoms with Gasteiger partial charge in [0.25, 0.3) is 5.89 Å². The summed E-state index contributed by atoms with van der Waals surface area (Å²) < 4.78 is 10.3. The van der Waals surface area contributed by atoms with Gasteiger partial charge in [-0.05, 0) is 37.6 Å². The monoisotopic (exact) mass is 233 g/mol. The summed E-state index contributed by atoms with van der Waals surface area (Å²) >= 11 is 0. The van der Waals surface area contributed by atoms with E-state index in [2.05, 4.69) is 10.1 Å². The number of hydrogen-bond donors (Lipinski definition) is 1. The van der Waals surface area contributed by atoms with Crippen molar-refractivity contribution >= 4 is 5.69 Å². The van der Waals surface area contributed by atoms with Crippen LogP contribution in [0.25, 0.3) is 11.5 Å². The molecule has 1 atom stereocenters. The molecule has 0 bridgehead atoms. The highest BCUT2D eigenvalue weighted by Gasteiger charge is 2.14. The van der Waals surface area contributed by atoms with Crippen molar-refractivity contribution in [3.8, 4) is 11.5 Å². The molecule has 0 spiro atoms. The summed E-state index contributed by atoms with van der Waals surface area (Å²) in [5.41, 5.74) is 8.35. The van der Waals surface area contributed by atoms with Crippen LogP contribution in [0, 0.1) is 6.92 Å². The number of ether oxygens (including phenoxy) is 1. The first-order valence-corrected chi connectivity index (χ1v) is 5.34. The molecule has 0 saturated carbocycles. The first-order valence-electron chi connectivity index (χ1n) is 5.34. The molecule has 2 N–H and O–H groups in total. The maximum Gasteiger partial charge on any atom is 0.258 e. The SMILES string of the molecule is COC(C)c1noc(-c2ccc(N)c(C)c2)n1. The van der Waals surface area contributed by atoms with Gasteiger partial charge in [-0.25, -0.2) is 0 Å². The van der Waals surface area contributed by atoms with Gasteiger partial charge in [-0.3, -0.25) is 0 Å². The van der Waals surface area contributed by atoms with Gasteiger partial charge < -0.3 is 15.0 Å². The van der Waals surface area contributed by atoms with Gasteiger partial charge in [0.2, 0.25) is 5.82 Å². The molecule has 1 unspecified atom stereocenters. The standard InChI is InChI=1S/C12H15N3O2/c1-7-6-9(4-5-10(7)13)12-14-11(15-17-12)8(2)16-3/h4-6,8H,13H2,1-3H3. The first kappa shape index (κ1) is 11.6.